The fourth-order valence-electron chi connectivity index (χ4n) is 4.00. The fraction of sp³-hybridized carbons (Fsp3) is 0.654. The van der Waals surface area contributed by atoms with Gasteiger partial charge in [0.2, 0.25) is 6.79 Å². The Balaban J connectivity index is 1.70. The van der Waals surface area contributed by atoms with Crippen molar-refractivity contribution in [3.63, 3.8) is 0 Å². The van der Waals surface area contributed by atoms with Gasteiger partial charge in [0.25, 0.3) is 0 Å². The molecule has 2 atom stereocenters. The standard InChI is InChI=1S/C26H38O8/c1-18(27)13-14-20(29)11-9-7-5-4-6-8-10-12-23-22-15-21(33-17-32-19(2)28)16-24(31-3)25(22)26(30)34-23/h15-16,18,23,27H,4-14,17H2,1-3H3. The first-order chi connectivity index (χ1) is 16.3. The Morgan fingerprint density at radius 3 is 2.38 bits per heavy atom. The number of carbonyl (C=O) groups excluding carboxylic acids is 3. The molecule has 1 N–H and O–H groups in total. The number of rotatable bonds is 17. The number of unbranched alkanes of at least 4 members (excludes halogenated alkanes) is 6. The Kier molecular flexibility index (Phi) is 11.9. The molecule has 1 aromatic carbocycles. The molecule has 0 fully saturated rings. The molecule has 8 nitrogen and oxygen atoms in total. The first-order valence-corrected chi connectivity index (χ1v) is 12.2. The van der Waals surface area contributed by atoms with E-state index < -0.39 is 18.0 Å². The number of benzene rings is 1. The largest absolute Gasteiger partial charge is 0.496 e. The first-order valence-electron chi connectivity index (χ1n) is 12.2. The van der Waals surface area contributed by atoms with Crippen molar-refractivity contribution in [2.75, 3.05) is 13.9 Å². The van der Waals surface area contributed by atoms with Gasteiger partial charge in [0.1, 0.15) is 28.9 Å². The maximum atomic E-state index is 12.4. The average Bonchev–Trinajstić information content (AvgIpc) is 3.11. The van der Waals surface area contributed by atoms with Gasteiger partial charge < -0.3 is 24.1 Å². The van der Waals surface area contributed by atoms with E-state index in [-0.39, 0.29) is 18.7 Å². The monoisotopic (exact) mass is 478 g/mol. The normalized spacial score (nSPS) is 15.4. The lowest BCUT2D eigenvalue weighted by Crippen LogP contribution is -2.07. The maximum Gasteiger partial charge on any atom is 0.342 e. The third-order valence-electron chi connectivity index (χ3n) is 5.88. The lowest BCUT2D eigenvalue weighted by molar-refractivity contribution is -0.147. The predicted molar refractivity (Wildman–Crippen MR) is 126 cm³/mol. The summed E-state index contributed by atoms with van der Waals surface area (Å²) >= 11 is 0. The number of ether oxygens (including phenoxy) is 4. The van der Waals surface area contributed by atoms with E-state index in [0.717, 1.165) is 50.5 Å². The van der Waals surface area contributed by atoms with E-state index in [1.54, 1.807) is 19.1 Å². The Morgan fingerprint density at radius 1 is 1.06 bits per heavy atom. The van der Waals surface area contributed by atoms with E-state index >= 15 is 0 Å². The molecule has 0 aliphatic carbocycles. The number of esters is 2. The number of aliphatic hydroxyl groups excluding tert-OH is 1. The summed E-state index contributed by atoms with van der Waals surface area (Å²) in [6.07, 6.45) is 8.83. The highest BCUT2D eigenvalue weighted by Gasteiger charge is 2.34. The third kappa shape index (κ3) is 9.33. The van der Waals surface area contributed by atoms with Gasteiger partial charge in [-0.15, -0.1) is 0 Å². The van der Waals surface area contributed by atoms with Crippen LogP contribution in [0.3, 0.4) is 0 Å². The molecule has 0 saturated heterocycles. The summed E-state index contributed by atoms with van der Waals surface area (Å²) in [4.78, 5) is 35.0. The summed E-state index contributed by atoms with van der Waals surface area (Å²) in [6, 6.07) is 3.34. The second-order valence-electron chi connectivity index (χ2n) is 8.82. The van der Waals surface area contributed by atoms with Crippen LogP contribution < -0.4 is 9.47 Å². The summed E-state index contributed by atoms with van der Waals surface area (Å²) in [5, 5.41) is 9.23. The number of carbonyl (C=O) groups is 3. The SMILES string of the molecule is COc1cc(OCOC(C)=O)cc2c1C(=O)OC2CCCCCCCCCC(=O)CCC(C)O. The van der Waals surface area contributed by atoms with E-state index in [9.17, 15) is 19.5 Å². The minimum atomic E-state index is -0.439. The first kappa shape index (κ1) is 27.6. The zero-order valence-corrected chi connectivity index (χ0v) is 20.6. The molecule has 34 heavy (non-hydrogen) atoms. The number of hydrogen-bond donors (Lipinski definition) is 1. The van der Waals surface area contributed by atoms with Gasteiger partial charge in [0.15, 0.2) is 0 Å². The van der Waals surface area contributed by atoms with Crippen molar-refractivity contribution in [2.24, 2.45) is 0 Å². The lowest BCUT2D eigenvalue weighted by Gasteiger charge is -2.13. The van der Waals surface area contributed by atoms with Gasteiger partial charge in [0.05, 0.1) is 13.2 Å². The van der Waals surface area contributed by atoms with Crippen LogP contribution in [-0.4, -0.2) is 42.8 Å². The van der Waals surface area contributed by atoms with Crippen molar-refractivity contribution >= 4 is 17.7 Å². The molecule has 2 rings (SSSR count). The summed E-state index contributed by atoms with van der Waals surface area (Å²) in [5.41, 5.74) is 1.16. The zero-order valence-electron chi connectivity index (χ0n) is 20.6. The molecule has 0 amide bonds. The van der Waals surface area contributed by atoms with Gasteiger partial charge in [-0.1, -0.05) is 32.1 Å². The molecule has 0 saturated carbocycles. The Bertz CT molecular complexity index is 817. The highest BCUT2D eigenvalue weighted by Crippen LogP contribution is 2.41. The number of hydrogen-bond acceptors (Lipinski definition) is 8. The van der Waals surface area contributed by atoms with Gasteiger partial charge in [-0.2, -0.15) is 0 Å². The van der Waals surface area contributed by atoms with Crippen molar-refractivity contribution < 1.29 is 38.4 Å². The third-order valence-corrected chi connectivity index (χ3v) is 5.88. The van der Waals surface area contributed by atoms with Crippen LogP contribution in [0, 0.1) is 0 Å². The molecular weight excluding hydrogens is 440 g/mol. The number of ketones is 1. The Labute approximate surface area is 201 Å². The van der Waals surface area contributed by atoms with Crippen LogP contribution in [0.4, 0.5) is 0 Å². The molecule has 0 aromatic heterocycles. The van der Waals surface area contributed by atoms with Crippen LogP contribution in [0.15, 0.2) is 12.1 Å². The van der Waals surface area contributed by atoms with E-state index in [2.05, 4.69) is 0 Å². The summed E-state index contributed by atoms with van der Waals surface area (Å²) in [5.74, 6) is 0.234. The number of fused-ring (bicyclic) bond motifs is 1. The minimum absolute atomic E-state index is 0.216. The quantitative estimate of drug-likeness (QED) is 0.188. The maximum absolute atomic E-state index is 12.4. The predicted octanol–water partition coefficient (Wildman–Crippen LogP) is 5.05. The van der Waals surface area contributed by atoms with Gasteiger partial charge >= 0.3 is 11.9 Å². The molecule has 1 heterocycles. The highest BCUT2D eigenvalue weighted by molar-refractivity contribution is 5.97. The zero-order chi connectivity index (χ0) is 24.9. The molecule has 8 heteroatoms. The lowest BCUT2D eigenvalue weighted by atomic mass is 9.98. The molecule has 1 aliphatic heterocycles. The smallest absolute Gasteiger partial charge is 0.342 e. The van der Waals surface area contributed by atoms with Crippen LogP contribution in [0.2, 0.25) is 0 Å². The van der Waals surface area contributed by atoms with E-state index in [1.807, 2.05) is 0 Å². The second kappa shape index (κ2) is 14.6. The van der Waals surface area contributed by atoms with Crippen LogP contribution >= 0.6 is 0 Å². The fourth-order valence-corrected chi connectivity index (χ4v) is 4.00. The average molecular weight is 479 g/mol. The molecule has 0 spiro atoms. The number of aliphatic hydroxyl groups is 1. The van der Waals surface area contributed by atoms with Crippen LogP contribution in [-0.2, 0) is 19.1 Å². The number of Topliss-reactive ketones (excluding diaryl/α,β-unsaturated/α-hetero) is 1. The van der Waals surface area contributed by atoms with Crippen molar-refractivity contribution in [1.29, 1.82) is 0 Å². The molecule has 0 bridgehead atoms. The Morgan fingerprint density at radius 2 is 1.74 bits per heavy atom. The van der Waals surface area contributed by atoms with Crippen molar-refractivity contribution in [2.45, 2.75) is 96.7 Å². The van der Waals surface area contributed by atoms with Crippen molar-refractivity contribution in [3.05, 3.63) is 23.3 Å². The molecule has 0 radical (unpaired) electrons. The molecule has 1 aliphatic rings. The van der Waals surface area contributed by atoms with Crippen LogP contribution in [0.25, 0.3) is 0 Å². The molecule has 1 aromatic rings. The van der Waals surface area contributed by atoms with Crippen molar-refractivity contribution in [3.8, 4) is 11.5 Å². The van der Waals surface area contributed by atoms with Gasteiger partial charge in [0, 0.05) is 31.4 Å². The molecular formula is C26H38O8. The van der Waals surface area contributed by atoms with Gasteiger partial charge in [-0.3, -0.25) is 9.59 Å². The van der Waals surface area contributed by atoms with Gasteiger partial charge in [-0.05, 0) is 38.7 Å². The van der Waals surface area contributed by atoms with Crippen LogP contribution in [0.5, 0.6) is 11.5 Å². The van der Waals surface area contributed by atoms with Gasteiger partial charge in [-0.25, -0.2) is 4.79 Å². The minimum Gasteiger partial charge on any atom is -0.496 e. The summed E-state index contributed by atoms with van der Waals surface area (Å²) in [6.45, 7) is 2.80. The van der Waals surface area contributed by atoms with E-state index in [1.165, 1.54) is 14.0 Å². The molecule has 2 unspecified atom stereocenters. The summed E-state index contributed by atoms with van der Waals surface area (Å²) < 4.78 is 21.2. The van der Waals surface area contributed by atoms with E-state index in [4.69, 9.17) is 18.9 Å². The molecule has 190 valence electrons. The van der Waals surface area contributed by atoms with Crippen LogP contribution in [0.1, 0.15) is 107 Å². The number of cyclic esters (lactones) is 1. The second-order valence-corrected chi connectivity index (χ2v) is 8.82. The highest BCUT2D eigenvalue weighted by atomic mass is 16.7. The topological polar surface area (TPSA) is 108 Å². The Hall–Kier alpha value is -2.61. The van der Waals surface area contributed by atoms with E-state index in [0.29, 0.717) is 42.7 Å². The number of methoxy groups -OCH3 is 1. The van der Waals surface area contributed by atoms with Crippen molar-refractivity contribution in [1.82, 2.24) is 0 Å². The summed E-state index contributed by atoms with van der Waals surface area (Å²) in [7, 11) is 1.48.